The number of hydrogen-bond acceptors (Lipinski definition) is 3. The maximum atomic E-state index is 11.4. The molecule has 0 aliphatic heterocycles. The van der Waals surface area contributed by atoms with Crippen molar-refractivity contribution in [2.75, 3.05) is 6.61 Å². The minimum atomic E-state index is -0.202. The second-order valence-electron chi connectivity index (χ2n) is 4.93. The van der Waals surface area contributed by atoms with E-state index in [4.69, 9.17) is 4.74 Å². The molecule has 2 fully saturated rings. The molecule has 84 valence electrons. The van der Waals surface area contributed by atoms with Gasteiger partial charge in [-0.1, -0.05) is 0 Å². The molecule has 0 N–H and O–H groups in total. The molecule has 2 rings (SSSR count). The predicted molar refractivity (Wildman–Crippen MR) is 55.2 cm³/mol. The molecule has 3 nitrogen and oxygen atoms in total. The van der Waals surface area contributed by atoms with E-state index >= 15 is 0 Å². The van der Waals surface area contributed by atoms with Crippen LogP contribution in [0.1, 0.15) is 39.0 Å². The van der Waals surface area contributed by atoms with Crippen molar-refractivity contribution < 1.29 is 14.3 Å². The molecule has 0 spiro atoms. The number of ketones is 1. The fraction of sp³-hybridized carbons (Fsp3) is 0.833. The van der Waals surface area contributed by atoms with Crippen molar-refractivity contribution >= 4 is 11.8 Å². The van der Waals surface area contributed by atoms with Crippen molar-refractivity contribution in [3.05, 3.63) is 0 Å². The number of esters is 1. The number of carbonyl (C=O) groups excluding carboxylic acids is 2. The monoisotopic (exact) mass is 210 g/mol. The lowest BCUT2D eigenvalue weighted by Crippen LogP contribution is -2.18. The predicted octanol–water partition coefficient (Wildman–Crippen LogP) is 1.94. The second-order valence-corrected chi connectivity index (χ2v) is 4.93. The molecule has 2 aliphatic carbocycles. The zero-order valence-electron chi connectivity index (χ0n) is 9.20. The van der Waals surface area contributed by atoms with Gasteiger partial charge in [0.15, 0.2) is 0 Å². The maximum absolute atomic E-state index is 11.4. The van der Waals surface area contributed by atoms with E-state index in [9.17, 15) is 9.59 Å². The van der Waals surface area contributed by atoms with E-state index in [1.807, 2.05) is 0 Å². The van der Waals surface area contributed by atoms with Crippen molar-refractivity contribution in [1.82, 2.24) is 0 Å². The maximum Gasteiger partial charge on any atom is 0.302 e. The van der Waals surface area contributed by atoms with Gasteiger partial charge in [-0.15, -0.1) is 0 Å². The summed E-state index contributed by atoms with van der Waals surface area (Å²) in [7, 11) is 0. The molecule has 0 heterocycles. The minimum Gasteiger partial charge on any atom is -0.466 e. The number of ether oxygens (including phenoxy) is 1. The lowest BCUT2D eigenvalue weighted by Gasteiger charge is -2.19. The van der Waals surface area contributed by atoms with Gasteiger partial charge in [0.2, 0.25) is 0 Å². The number of Topliss-reactive ketones (excluding diaryl/α,β-unsaturated/α-hetero) is 1. The molecule has 3 heteroatoms. The fourth-order valence-electron chi connectivity index (χ4n) is 3.16. The SMILES string of the molecule is CC(=O)OCCC1CC2CC(=O)CC1C2. The molecule has 3 atom stereocenters. The minimum absolute atomic E-state index is 0.202. The first kappa shape index (κ1) is 10.7. The fourth-order valence-corrected chi connectivity index (χ4v) is 3.16. The number of rotatable bonds is 3. The quantitative estimate of drug-likeness (QED) is 0.669. The Balaban J connectivity index is 1.79. The zero-order valence-corrected chi connectivity index (χ0v) is 9.20. The molecule has 0 aromatic heterocycles. The lowest BCUT2D eigenvalue weighted by molar-refractivity contribution is -0.141. The average Bonchev–Trinajstić information content (AvgIpc) is 2.41. The molecule has 2 bridgehead atoms. The Kier molecular flexibility index (Phi) is 3.08. The third-order valence-electron chi connectivity index (χ3n) is 3.74. The molecule has 0 amide bonds. The molecule has 0 aromatic rings. The van der Waals surface area contributed by atoms with Gasteiger partial charge in [-0.2, -0.15) is 0 Å². The van der Waals surface area contributed by atoms with Gasteiger partial charge in [0.05, 0.1) is 6.61 Å². The number of hydrogen-bond donors (Lipinski definition) is 0. The van der Waals surface area contributed by atoms with E-state index in [0.29, 0.717) is 30.1 Å². The van der Waals surface area contributed by atoms with Crippen LogP contribution in [0.2, 0.25) is 0 Å². The van der Waals surface area contributed by atoms with Gasteiger partial charge in [0, 0.05) is 19.8 Å². The molecule has 0 radical (unpaired) electrons. The van der Waals surface area contributed by atoms with Gasteiger partial charge in [-0.3, -0.25) is 9.59 Å². The molecular formula is C12H18O3. The van der Waals surface area contributed by atoms with E-state index < -0.39 is 0 Å². The van der Waals surface area contributed by atoms with Gasteiger partial charge >= 0.3 is 5.97 Å². The highest BCUT2D eigenvalue weighted by Crippen LogP contribution is 2.45. The van der Waals surface area contributed by atoms with Crippen LogP contribution in [0.4, 0.5) is 0 Å². The molecule has 15 heavy (non-hydrogen) atoms. The summed E-state index contributed by atoms with van der Waals surface area (Å²) in [6.45, 7) is 1.97. The molecule has 2 saturated carbocycles. The topological polar surface area (TPSA) is 43.4 Å². The first-order valence-corrected chi connectivity index (χ1v) is 5.80. The van der Waals surface area contributed by atoms with Crippen molar-refractivity contribution in [1.29, 1.82) is 0 Å². The van der Waals surface area contributed by atoms with Crippen LogP contribution in [0, 0.1) is 17.8 Å². The summed E-state index contributed by atoms with van der Waals surface area (Å²) >= 11 is 0. The van der Waals surface area contributed by atoms with Crippen LogP contribution in [0.15, 0.2) is 0 Å². The summed E-state index contributed by atoms with van der Waals surface area (Å²) in [5.41, 5.74) is 0. The van der Waals surface area contributed by atoms with Crippen LogP contribution >= 0.6 is 0 Å². The van der Waals surface area contributed by atoms with Gasteiger partial charge in [-0.05, 0) is 37.0 Å². The molecule has 3 unspecified atom stereocenters. The number of fused-ring (bicyclic) bond motifs is 2. The van der Waals surface area contributed by atoms with Gasteiger partial charge in [0.1, 0.15) is 5.78 Å². The van der Waals surface area contributed by atoms with E-state index in [2.05, 4.69) is 0 Å². The normalized spacial score (nSPS) is 34.2. The van der Waals surface area contributed by atoms with Crippen molar-refractivity contribution in [2.45, 2.75) is 39.0 Å². The summed E-state index contributed by atoms with van der Waals surface area (Å²) < 4.78 is 4.96. The second kappa shape index (κ2) is 4.33. The first-order chi connectivity index (χ1) is 7.15. The van der Waals surface area contributed by atoms with Gasteiger partial charge in [-0.25, -0.2) is 0 Å². The van der Waals surface area contributed by atoms with Gasteiger partial charge in [0.25, 0.3) is 0 Å². The summed E-state index contributed by atoms with van der Waals surface area (Å²) in [6.07, 6.45) is 4.88. The summed E-state index contributed by atoms with van der Waals surface area (Å²) in [5.74, 6) is 2.05. The standard InChI is InChI=1S/C12H18O3/c1-8(13)15-3-2-10-4-9-5-11(10)7-12(14)6-9/h9-11H,2-7H2,1H3. The lowest BCUT2D eigenvalue weighted by atomic mass is 9.85. The highest BCUT2D eigenvalue weighted by molar-refractivity contribution is 5.80. The average molecular weight is 210 g/mol. The summed E-state index contributed by atoms with van der Waals surface area (Å²) in [6, 6.07) is 0. The number of carbonyl (C=O) groups is 2. The molecule has 0 aromatic carbocycles. The van der Waals surface area contributed by atoms with Crippen LogP contribution in [-0.2, 0) is 14.3 Å². The Hall–Kier alpha value is -0.860. The summed E-state index contributed by atoms with van der Waals surface area (Å²) in [4.78, 5) is 22.0. The highest BCUT2D eigenvalue weighted by Gasteiger charge is 2.39. The zero-order chi connectivity index (χ0) is 10.8. The van der Waals surface area contributed by atoms with Gasteiger partial charge < -0.3 is 4.74 Å². The first-order valence-electron chi connectivity index (χ1n) is 5.80. The summed E-state index contributed by atoms with van der Waals surface area (Å²) in [5, 5.41) is 0. The van der Waals surface area contributed by atoms with Crippen molar-refractivity contribution in [3.8, 4) is 0 Å². The Morgan fingerprint density at radius 1 is 1.40 bits per heavy atom. The van der Waals surface area contributed by atoms with E-state index in [0.717, 1.165) is 25.7 Å². The van der Waals surface area contributed by atoms with Crippen molar-refractivity contribution in [3.63, 3.8) is 0 Å². The van der Waals surface area contributed by atoms with E-state index in [-0.39, 0.29) is 5.97 Å². The Morgan fingerprint density at radius 2 is 2.20 bits per heavy atom. The highest BCUT2D eigenvalue weighted by atomic mass is 16.5. The van der Waals surface area contributed by atoms with E-state index in [1.54, 1.807) is 0 Å². The largest absolute Gasteiger partial charge is 0.466 e. The molecular weight excluding hydrogens is 192 g/mol. The van der Waals surface area contributed by atoms with Crippen LogP contribution in [0.5, 0.6) is 0 Å². The Bertz CT molecular complexity index is 272. The third-order valence-corrected chi connectivity index (χ3v) is 3.74. The van der Waals surface area contributed by atoms with E-state index in [1.165, 1.54) is 13.3 Å². The van der Waals surface area contributed by atoms with Crippen LogP contribution < -0.4 is 0 Å². The van der Waals surface area contributed by atoms with Crippen molar-refractivity contribution in [2.24, 2.45) is 17.8 Å². The Labute approximate surface area is 90.2 Å². The Morgan fingerprint density at radius 3 is 2.93 bits per heavy atom. The van der Waals surface area contributed by atoms with Crippen LogP contribution in [0.3, 0.4) is 0 Å². The molecule has 0 saturated heterocycles. The van der Waals surface area contributed by atoms with Crippen LogP contribution in [-0.4, -0.2) is 18.4 Å². The molecule has 2 aliphatic rings. The third kappa shape index (κ3) is 2.58. The van der Waals surface area contributed by atoms with Crippen LogP contribution in [0.25, 0.3) is 0 Å². The smallest absolute Gasteiger partial charge is 0.302 e.